The number of ether oxygens (including phenoxy) is 1. The van der Waals surface area contributed by atoms with E-state index < -0.39 is 26.7 Å². The van der Waals surface area contributed by atoms with Crippen LogP contribution in [0.4, 0.5) is 13.2 Å². The molecule has 0 N–H and O–H groups in total. The highest BCUT2D eigenvalue weighted by molar-refractivity contribution is 7.89. The van der Waals surface area contributed by atoms with E-state index in [1.807, 2.05) is 13.8 Å². The topological polar surface area (TPSA) is 66.9 Å². The fourth-order valence-corrected chi connectivity index (χ4v) is 4.75. The molecule has 0 aromatic heterocycles. The number of carbonyl (C=O) groups is 1. The number of piperazine rings is 1. The third-order valence-corrected chi connectivity index (χ3v) is 6.76. The highest BCUT2D eigenvalue weighted by atomic mass is 35.5. The van der Waals surface area contributed by atoms with Crippen molar-refractivity contribution in [2.75, 3.05) is 39.4 Å². The fraction of sp³-hybridized carbons (Fsp3) is 0.611. The Balaban J connectivity index is 2.01. The molecule has 11 heteroatoms. The second kappa shape index (κ2) is 9.63. The van der Waals surface area contributed by atoms with Crippen LogP contribution in [0.1, 0.15) is 25.8 Å². The first-order valence-electron chi connectivity index (χ1n) is 9.15. The number of benzene rings is 1. The summed E-state index contributed by atoms with van der Waals surface area (Å²) in [4.78, 5) is 13.1. The van der Waals surface area contributed by atoms with E-state index in [-0.39, 0.29) is 50.1 Å². The lowest BCUT2D eigenvalue weighted by atomic mass is 10.2. The van der Waals surface area contributed by atoms with Gasteiger partial charge < -0.3 is 9.64 Å². The zero-order valence-corrected chi connectivity index (χ0v) is 17.8. The molecule has 1 aromatic carbocycles. The van der Waals surface area contributed by atoms with Gasteiger partial charge >= 0.3 is 6.18 Å². The average molecular weight is 457 g/mol. The molecule has 0 saturated carbocycles. The van der Waals surface area contributed by atoms with Crippen LogP contribution in [0.5, 0.6) is 0 Å². The van der Waals surface area contributed by atoms with E-state index >= 15 is 0 Å². The third kappa shape index (κ3) is 6.31. The van der Waals surface area contributed by atoms with E-state index in [1.54, 1.807) is 0 Å². The number of rotatable bonds is 7. The first-order chi connectivity index (χ1) is 13.4. The van der Waals surface area contributed by atoms with Crippen molar-refractivity contribution < 1.29 is 31.1 Å². The molecule has 0 aliphatic carbocycles. The molecule has 29 heavy (non-hydrogen) atoms. The number of sulfonamides is 1. The molecule has 0 bridgehead atoms. The summed E-state index contributed by atoms with van der Waals surface area (Å²) in [6.45, 7) is 5.10. The maximum atomic E-state index is 12.9. The van der Waals surface area contributed by atoms with Gasteiger partial charge in [-0.05, 0) is 24.1 Å². The molecule has 1 aliphatic heterocycles. The molecule has 0 spiro atoms. The second-order valence-corrected chi connectivity index (χ2v) is 9.46. The first-order valence-corrected chi connectivity index (χ1v) is 11.0. The lowest BCUT2D eigenvalue weighted by Crippen LogP contribution is -2.50. The van der Waals surface area contributed by atoms with Crippen molar-refractivity contribution in [1.29, 1.82) is 0 Å². The summed E-state index contributed by atoms with van der Waals surface area (Å²) in [5, 5.41) is -0.279. The zero-order valence-electron chi connectivity index (χ0n) is 16.2. The van der Waals surface area contributed by atoms with Gasteiger partial charge in [0.1, 0.15) is 4.90 Å². The van der Waals surface area contributed by atoms with Gasteiger partial charge in [0.2, 0.25) is 15.9 Å². The van der Waals surface area contributed by atoms with E-state index in [9.17, 15) is 26.4 Å². The van der Waals surface area contributed by atoms with E-state index in [1.165, 1.54) is 4.90 Å². The predicted octanol–water partition coefficient (Wildman–Crippen LogP) is 3.25. The summed E-state index contributed by atoms with van der Waals surface area (Å²) in [5.41, 5.74) is -1.09. The Labute approximate surface area is 173 Å². The van der Waals surface area contributed by atoms with Gasteiger partial charge in [0.05, 0.1) is 23.6 Å². The summed E-state index contributed by atoms with van der Waals surface area (Å²) in [5.74, 6) is 0.212. The number of hydrogen-bond acceptors (Lipinski definition) is 4. The molecule has 0 radical (unpaired) electrons. The maximum absolute atomic E-state index is 12.9. The number of nitrogens with zero attached hydrogens (tertiary/aromatic N) is 2. The predicted molar refractivity (Wildman–Crippen MR) is 102 cm³/mol. The Morgan fingerprint density at radius 1 is 1.21 bits per heavy atom. The van der Waals surface area contributed by atoms with Crippen molar-refractivity contribution >= 4 is 27.5 Å². The maximum Gasteiger partial charge on any atom is 0.416 e. The normalized spacial score (nSPS) is 16.4. The molecule has 1 aliphatic rings. The van der Waals surface area contributed by atoms with Crippen molar-refractivity contribution in [3.8, 4) is 0 Å². The summed E-state index contributed by atoms with van der Waals surface area (Å²) in [6.07, 6.45) is -4.49. The molecular weight excluding hydrogens is 433 g/mol. The van der Waals surface area contributed by atoms with Crippen LogP contribution in [0.15, 0.2) is 23.1 Å². The van der Waals surface area contributed by atoms with Crippen LogP contribution in [0.25, 0.3) is 0 Å². The van der Waals surface area contributed by atoms with Crippen LogP contribution in [0.2, 0.25) is 5.02 Å². The minimum Gasteiger partial charge on any atom is -0.381 e. The van der Waals surface area contributed by atoms with Crippen molar-refractivity contribution in [2.45, 2.75) is 31.3 Å². The summed E-state index contributed by atoms with van der Waals surface area (Å²) < 4.78 is 70.8. The van der Waals surface area contributed by atoms with Gasteiger partial charge in [-0.1, -0.05) is 25.4 Å². The van der Waals surface area contributed by atoms with Crippen LogP contribution >= 0.6 is 11.6 Å². The molecule has 164 valence electrons. The average Bonchev–Trinajstić information content (AvgIpc) is 2.64. The largest absolute Gasteiger partial charge is 0.416 e. The molecule has 1 amide bonds. The van der Waals surface area contributed by atoms with Gasteiger partial charge in [-0.25, -0.2) is 8.42 Å². The van der Waals surface area contributed by atoms with E-state index in [2.05, 4.69) is 0 Å². The Morgan fingerprint density at radius 3 is 2.38 bits per heavy atom. The lowest BCUT2D eigenvalue weighted by Gasteiger charge is -2.34. The monoisotopic (exact) mass is 456 g/mol. The smallest absolute Gasteiger partial charge is 0.381 e. The Bertz CT molecular complexity index is 823. The van der Waals surface area contributed by atoms with Crippen molar-refractivity contribution in [3.05, 3.63) is 28.8 Å². The van der Waals surface area contributed by atoms with Crippen LogP contribution in [0, 0.1) is 5.92 Å². The molecule has 6 nitrogen and oxygen atoms in total. The van der Waals surface area contributed by atoms with E-state index in [0.29, 0.717) is 18.6 Å². The van der Waals surface area contributed by atoms with Gasteiger partial charge in [-0.2, -0.15) is 17.5 Å². The molecular formula is C18H24ClF3N2O4S. The van der Waals surface area contributed by atoms with Crippen LogP contribution in [0.3, 0.4) is 0 Å². The van der Waals surface area contributed by atoms with Crippen LogP contribution < -0.4 is 0 Å². The lowest BCUT2D eigenvalue weighted by molar-refractivity contribution is -0.137. The molecule has 0 atom stereocenters. The molecule has 1 aromatic rings. The van der Waals surface area contributed by atoms with Gasteiger partial charge in [0.15, 0.2) is 0 Å². The van der Waals surface area contributed by atoms with Gasteiger partial charge in [-0.15, -0.1) is 0 Å². The fourth-order valence-electron chi connectivity index (χ4n) is 2.83. The minimum atomic E-state index is -4.68. The summed E-state index contributed by atoms with van der Waals surface area (Å²) in [6, 6.07) is 2.20. The van der Waals surface area contributed by atoms with Crippen LogP contribution in [-0.4, -0.2) is 62.9 Å². The van der Waals surface area contributed by atoms with Crippen molar-refractivity contribution in [3.63, 3.8) is 0 Å². The van der Waals surface area contributed by atoms with Crippen molar-refractivity contribution in [1.82, 2.24) is 9.21 Å². The van der Waals surface area contributed by atoms with Gasteiger partial charge in [0.25, 0.3) is 0 Å². The molecule has 0 unspecified atom stereocenters. The van der Waals surface area contributed by atoms with E-state index in [0.717, 1.165) is 16.4 Å². The summed E-state index contributed by atoms with van der Waals surface area (Å²) in [7, 11) is -4.22. The first kappa shape index (κ1) is 23.9. The zero-order chi connectivity index (χ0) is 21.8. The quantitative estimate of drug-likeness (QED) is 0.591. The highest BCUT2D eigenvalue weighted by Gasteiger charge is 2.35. The highest BCUT2D eigenvalue weighted by Crippen LogP contribution is 2.34. The molecule has 1 fully saturated rings. The number of hydrogen-bond donors (Lipinski definition) is 0. The van der Waals surface area contributed by atoms with Crippen molar-refractivity contribution in [2.24, 2.45) is 5.92 Å². The standard InChI is InChI=1S/C18H24ClF3N2O4S/c1-13(2)12-28-10-5-17(25)23-6-8-24(9-7-23)29(26,27)16-11-14(18(20,21)22)3-4-15(16)19/h3-4,11,13H,5-10,12H2,1-2H3. The third-order valence-electron chi connectivity index (χ3n) is 4.38. The Hall–Kier alpha value is -1.36. The van der Waals surface area contributed by atoms with Gasteiger partial charge in [-0.3, -0.25) is 4.79 Å². The van der Waals surface area contributed by atoms with Gasteiger partial charge in [0, 0.05) is 32.8 Å². The van der Waals surface area contributed by atoms with Crippen LogP contribution in [-0.2, 0) is 25.7 Å². The van der Waals surface area contributed by atoms with E-state index in [4.69, 9.17) is 16.3 Å². The molecule has 1 saturated heterocycles. The number of halogens is 4. The SMILES string of the molecule is CC(C)COCCC(=O)N1CCN(S(=O)(=O)c2cc(C(F)(F)F)ccc2Cl)CC1. The molecule has 2 rings (SSSR count). The number of amides is 1. The number of carbonyl (C=O) groups excluding carboxylic acids is 1. The Morgan fingerprint density at radius 2 is 1.83 bits per heavy atom. The molecule has 1 heterocycles. The Kier molecular flexibility index (Phi) is 7.94. The summed E-state index contributed by atoms with van der Waals surface area (Å²) >= 11 is 5.87. The number of alkyl halides is 3. The minimum absolute atomic E-state index is 0.0203. The second-order valence-electron chi connectivity index (χ2n) is 7.15.